The fourth-order valence-corrected chi connectivity index (χ4v) is 2.88. The topological polar surface area (TPSA) is 101 Å². The van der Waals surface area contributed by atoms with Crippen molar-refractivity contribution in [2.45, 2.75) is 25.7 Å². The van der Waals surface area contributed by atoms with Crippen molar-refractivity contribution >= 4 is 39.2 Å². The first-order chi connectivity index (χ1) is 10.7. The first kappa shape index (κ1) is 17.2. The smallest absolute Gasteiger partial charge is 0.264 e. The molecule has 1 amide bonds. The number of anilines is 2. The second kappa shape index (κ2) is 6.51. The highest BCUT2D eigenvalue weighted by atomic mass is 35.5. The van der Waals surface area contributed by atoms with Crippen LogP contribution in [0.1, 0.15) is 18.3 Å². The van der Waals surface area contributed by atoms with Crippen molar-refractivity contribution in [3.8, 4) is 0 Å². The van der Waals surface area contributed by atoms with Gasteiger partial charge in [-0.25, -0.2) is 23.1 Å². The number of benzene rings is 1. The summed E-state index contributed by atoms with van der Waals surface area (Å²) in [4.78, 5) is 19.0. The van der Waals surface area contributed by atoms with E-state index in [1.165, 1.54) is 31.2 Å². The van der Waals surface area contributed by atoms with Crippen LogP contribution in [0.15, 0.2) is 29.2 Å². The van der Waals surface area contributed by atoms with Crippen molar-refractivity contribution < 1.29 is 13.2 Å². The van der Waals surface area contributed by atoms with Crippen LogP contribution in [0.3, 0.4) is 0 Å². The van der Waals surface area contributed by atoms with Crippen LogP contribution < -0.4 is 10.0 Å². The molecule has 1 aromatic carbocycles. The predicted octanol–water partition coefficient (Wildman–Crippen LogP) is 2.51. The molecule has 0 aliphatic carbocycles. The van der Waals surface area contributed by atoms with Crippen molar-refractivity contribution in [2.75, 3.05) is 10.0 Å². The third-order valence-electron chi connectivity index (χ3n) is 2.89. The summed E-state index contributed by atoms with van der Waals surface area (Å²) in [6, 6.07) is 5.75. The number of halogens is 1. The minimum atomic E-state index is -3.84. The minimum Gasteiger partial charge on any atom is -0.326 e. The largest absolute Gasteiger partial charge is 0.326 e. The van der Waals surface area contributed by atoms with Gasteiger partial charge in [0.1, 0.15) is 0 Å². The monoisotopic (exact) mass is 354 g/mol. The van der Waals surface area contributed by atoms with Gasteiger partial charge in [0, 0.05) is 12.6 Å². The van der Waals surface area contributed by atoms with E-state index in [2.05, 4.69) is 20.0 Å². The summed E-state index contributed by atoms with van der Waals surface area (Å²) in [5.74, 6) is -0.283. The second-order valence-corrected chi connectivity index (χ2v) is 6.90. The molecule has 0 aliphatic heterocycles. The molecule has 9 heteroatoms. The number of rotatable bonds is 4. The molecule has 0 saturated heterocycles. The van der Waals surface area contributed by atoms with E-state index in [1.54, 1.807) is 13.8 Å². The van der Waals surface area contributed by atoms with Crippen LogP contribution in [0.2, 0.25) is 5.02 Å². The molecule has 2 aromatic rings. The Morgan fingerprint density at radius 3 is 2.09 bits per heavy atom. The first-order valence-electron chi connectivity index (χ1n) is 6.60. The zero-order chi connectivity index (χ0) is 17.2. The molecule has 2 rings (SSSR count). The Morgan fingerprint density at radius 2 is 1.61 bits per heavy atom. The third kappa shape index (κ3) is 4.17. The molecule has 1 aromatic heterocycles. The molecular formula is C14H15ClN4O3S. The predicted molar refractivity (Wildman–Crippen MR) is 88.1 cm³/mol. The lowest BCUT2D eigenvalue weighted by Crippen LogP contribution is -2.16. The zero-order valence-electron chi connectivity index (χ0n) is 12.7. The minimum absolute atomic E-state index is 0.0282. The Morgan fingerprint density at radius 1 is 1.09 bits per heavy atom. The van der Waals surface area contributed by atoms with Crippen LogP contribution in [0.4, 0.5) is 11.6 Å². The maximum atomic E-state index is 12.3. The summed E-state index contributed by atoms with van der Waals surface area (Å²) < 4.78 is 27.0. The molecule has 23 heavy (non-hydrogen) atoms. The van der Waals surface area contributed by atoms with Gasteiger partial charge < -0.3 is 5.32 Å². The summed E-state index contributed by atoms with van der Waals surface area (Å²) in [5.41, 5.74) is 1.47. The van der Waals surface area contributed by atoms with Crippen molar-refractivity contribution in [1.29, 1.82) is 0 Å². The van der Waals surface area contributed by atoms with Crippen LogP contribution in [-0.4, -0.2) is 24.3 Å². The van der Waals surface area contributed by atoms with E-state index in [9.17, 15) is 13.2 Å². The summed E-state index contributed by atoms with van der Waals surface area (Å²) in [7, 11) is -3.84. The molecule has 0 aliphatic rings. The van der Waals surface area contributed by atoms with Gasteiger partial charge in [-0.2, -0.15) is 0 Å². The van der Waals surface area contributed by atoms with Crippen molar-refractivity contribution in [2.24, 2.45) is 0 Å². The fraction of sp³-hybridized carbons (Fsp3) is 0.214. The average Bonchev–Trinajstić information content (AvgIpc) is 2.44. The number of carbonyl (C=O) groups excluding carboxylic acids is 1. The molecule has 0 bridgehead atoms. The van der Waals surface area contributed by atoms with Crippen LogP contribution in [0.25, 0.3) is 0 Å². The summed E-state index contributed by atoms with van der Waals surface area (Å²) in [6.07, 6.45) is 0. The van der Waals surface area contributed by atoms with Crippen LogP contribution in [0, 0.1) is 13.8 Å². The lowest BCUT2D eigenvalue weighted by molar-refractivity contribution is -0.114. The van der Waals surface area contributed by atoms with E-state index >= 15 is 0 Å². The molecule has 0 radical (unpaired) electrons. The Hall–Kier alpha value is -2.19. The Bertz CT molecular complexity index is 828. The molecule has 0 spiro atoms. The number of hydrogen-bond donors (Lipinski definition) is 2. The molecule has 0 atom stereocenters. The van der Waals surface area contributed by atoms with Gasteiger partial charge in [0.15, 0.2) is 0 Å². The van der Waals surface area contributed by atoms with E-state index in [0.717, 1.165) is 0 Å². The van der Waals surface area contributed by atoms with Gasteiger partial charge in [-0.3, -0.25) is 4.79 Å². The SMILES string of the molecule is CC(=O)Nc1ccc(S(=O)(=O)Nc2nc(C)c(Cl)c(C)n2)cc1. The fourth-order valence-electron chi connectivity index (χ4n) is 1.85. The first-order valence-corrected chi connectivity index (χ1v) is 8.46. The summed E-state index contributed by atoms with van der Waals surface area (Å²) in [6.45, 7) is 4.70. The molecule has 1 heterocycles. The van der Waals surface area contributed by atoms with Crippen LogP contribution in [0.5, 0.6) is 0 Å². The lowest BCUT2D eigenvalue weighted by atomic mass is 10.3. The maximum absolute atomic E-state index is 12.3. The van der Waals surface area contributed by atoms with Crippen LogP contribution in [-0.2, 0) is 14.8 Å². The van der Waals surface area contributed by atoms with Crippen molar-refractivity contribution in [3.63, 3.8) is 0 Å². The zero-order valence-corrected chi connectivity index (χ0v) is 14.3. The number of aromatic nitrogens is 2. The molecule has 122 valence electrons. The standard InChI is InChI=1S/C14H15ClN4O3S/c1-8-13(15)9(2)17-14(16-8)19-23(21,22)12-6-4-11(5-7-12)18-10(3)20/h4-7H,1-3H3,(H,18,20)(H,16,17,19). The van der Waals surface area contributed by atoms with E-state index in [4.69, 9.17) is 11.6 Å². The van der Waals surface area contributed by atoms with E-state index in [0.29, 0.717) is 22.1 Å². The third-order valence-corrected chi connectivity index (χ3v) is 4.78. The van der Waals surface area contributed by atoms with Crippen molar-refractivity contribution in [3.05, 3.63) is 40.7 Å². The molecular weight excluding hydrogens is 340 g/mol. The van der Waals surface area contributed by atoms with Gasteiger partial charge in [0.05, 0.1) is 21.3 Å². The van der Waals surface area contributed by atoms with Gasteiger partial charge in [-0.05, 0) is 38.1 Å². The molecule has 0 saturated carbocycles. The number of carbonyl (C=O) groups is 1. The molecule has 0 unspecified atom stereocenters. The Balaban J connectivity index is 2.27. The number of hydrogen-bond acceptors (Lipinski definition) is 5. The quantitative estimate of drug-likeness (QED) is 0.878. The number of sulfonamides is 1. The lowest BCUT2D eigenvalue weighted by Gasteiger charge is -2.10. The van der Waals surface area contributed by atoms with Gasteiger partial charge in [0.25, 0.3) is 10.0 Å². The normalized spacial score (nSPS) is 11.1. The van der Waals surface area contributed by atoms with E-state index in [1.807, 2.05) is 0 Å². The Labute approximate surface area is 139 Å². The number of nitrogens with one attached hydrogen (secondary N) is 2. The summed E-state index contributed by atoms with van der Waals surface area (Å²) in [5, 5.41) is 2.96. The number of nitrogens with zero attached hydrogens (tertiary/aromatic N) is 2. The average molecular weight is 355 g/mol. The van der Waals surface area contributed by atoms with Crippen molar-refractivity contribution in [1.82, 2.24) is 9.97 Å². The van der Waals surface area contributed by atoms with E-state index < -0.39 is 10.0 Å². The highest BCUT2D eigenvalue weighted by Crippen LogP contribution is 2.20. The van der Waals surface area contributed by atoms with Gasteiger partial charge >= 0.3 is 0 Å². The van der Waals surface area contributed by atoms with Gasteiger partial charge in [-0.15, -0.1) is 0 Å². The van der Waals surface area contributed by atoms with Crippen LogP contribution >= 0.6 is 11.6 Å². The molecule has 0 fully saturated rings. The number of amides is 1. The molecule has 2 N–H and O–H groups in total. The highest BCUT2D eigenvalue weighted by Gasteiger charge is 2.17. The highest BCUT2D eigenvalue weighted by molar-refractivity contribution is 7.92. The van der Waals surface area contributed by atoms with Gasteiger partial charge in [-0.1, -0.05) is 11.6 Å². The van der Waals surface area contributed by atoms with E-state index in [-0.39, 0.29) is 16.8 Å². The van der Waals surface area contributed by atoms with Gasteiger partial charge in [0.2, 0.25) is 11.9 Å². The summed E-state index contributed by atoms with van der Waals surface area (Å²) >= 11 is 5.96. The second-order valence-electron chi connectivity index (χ2n) is 4.84. The maximum Gasteiger partial charge on any atom is 0.264 e. The Kier molecular flexibility index (Phi) is 4.86. The molecule has 7 nitrogen and oxygen atoms in total. The number of aryl methyl sites for hydroxylation is 2.